The molecule has 168 valence electrons. The highest BCUT2D eigenvalue weighted by atomic mass is 32.1. The Morgan fingerprint density at radius 3 is 2.52 bits per heavy atom. The molecule has 3 heterocycles. The molecule has 7 nitrogen and oxygen atoms in total. The lowest BCUT2D eigenvalue weighted by Gasteiger charge is -2.35. The Hall–Kier alpha value is -2.22. The molecule has 2 aromatic rings. The number of nitrogens with one attached hydrogen (secondary N) is 1. The maximum atomic E-state index is 13.1. The van der Waals surface area contributed by atoms with Gasteiger partial charge in [0.1, 0.15) is 11.4 Å². The summed E-state index contributed by atoms with van der Waals surface area (Å²) < 4.78 is 1.39. The molecule has 8 heteroatoms. The van der Waals surface area contributed by atoms with Crippen molar-refractivity contribution in [2.75, 3.05) is 13.1 Å². The van der Waals surface area contributed by atoms with Gasteiger partial charge in [-0.05, 0) is 43.6 Å². The molecular weight excluding hydrogens is 412 g/mol. The van der Waals surface area contributed by atoms with Crippen molar-refractivity contribution in [2.24, 2.45) is 11.8 Å². The average Bonchev–Trinajstić information content (AvgIpc) is 3.07. The third-order valence-corrected chi connectivity index (χ3v) is 7.79. The van der Waals surface area contributed by atoms with Gasteiger partial charge in [0.25, 0.3) is 11.5 Å². The van der Waals surface area contributed by atoms with Crippen LogP contribution in [-0.2, 0) is 11.3 Å². The SMILES string of the molecule is Cc1c(C(=O)NC2CCCCC2)sc2ncn(CC(=O)N3C[C@H](C)C[C@@H](C)C3)c(=O)c12. The lowest BCUT2D eigenvalue weighted by atomic mass is 9.92. The Morgan fingerprint density at radius 2 is 1.84 bits per heavy atom. The van der Waals surface area contributed by atoms with Crippen LogP contribution in [0.1, 0.15) is 67.6 Å². The minimum Gasteiger partial charge on any atom is -0.349 e. The van der Waals surface area contributed by atoms with Crippen molar-refractivity contribution >= 4 is 33.4 Å². The van der Waals surface area contributed by atoms with Crippen LogP contribution >= 0.6 is 11.3 Å². The van der Waals surface area contributed by atoms with Crippen molar-refractivity contribution in [2.45, 2.75) is 71.9 Å². The largest absolute Gasteiger partial charge is 0.349 e. The van der Waals surface area contributed by atoms with E-state index in [9.17, 15) is 14.4 Å². The molecule has 2 fully saturated rings. The van der Waals surface area contributed by atoms with Crippen LogP contribution in [0.3, 0.4) is 0 Å². The molecular formula is C23H32N4O3S. The van der Waals surface area contributed by atoms with Gasteiger partial charge in [0, 0.05) is 19.1 Å². The summed E-state index contributed by atoms with van der Waals surface area (Å²) in [4.78, 5) is 46.2. The molecule has 1 N–H and O–H groups in total. The average molecular weight is 445 g/mol. The second-order valence-electron chi connectivity index (χ2n) is 9.47. The minimum absolute atomic E-state index is 0.0138. The maximum absolute atomic E-state index is 13.1. The first kappa shape index (κ1) is 22.0. The zero-order chi connectivity index (χ0) is 22.1. The summed E-state index contributed by atoms with van der Waals surface area (Å²) in [5.74, 6) is 0.763. The molecule has 0 bridgehead atoms. The molecule has 0 unspecified atom stereocenters. The van der Waals surface area contributed by atoms with E-state index < -0.39 is 0 Å². The van der Waals surface area contributed by atoms with Crippen LogP contribution in [0.15, 0.2) is 11.1 Å². The number of amides is 2. The Morgan fingerprint density at radius 1 is 1.16 bits per heavy atom. The monoisotopic (exact) mass is 444 g/mol. The Bertz CT molecular complexity index is 1030. The predicted molar refractivity (Wildman–Crippen MR) is 122 cm³/mol. The van der Waals surface area contributed by atoms with Gasteiger partial charge >= 0.3 is 0 Å². The van der Waals surface area contributed by atoms with E-state index in [0.29, 0.717) is 32.5 Å². The van der Waals surface area contributed by atoms with Crippen molar-refractivity contribution in [3.8, 4) is 0 Å². The summed E-state index contributed by atoms with van der Waals surface area (Å²) >= 11 is 1.26. The molecule has 1 aliphatic carbocycles. The third kappa shape index (κ3) is 4.68. The topological polar surface area (TPSA) is 84.3 Å². The van der Waals surface area contributed by atoms with Crippen molar-refractivity contribution in [1.82, 2.24) is 19.8 Å². The fourth-order valence-corrected chi connectivity index (χ4v) is 6.14. The van der Waals surface area contributed by atoms with Crippen molar-refractivity contribution < 1.29 is 9.59 Å². The molecule has 0 aromatic carbocycles. The number of thiophene rings is 1. The summed E-state index contributed by atoms with van der Waals surface area (Å²) in [5.41, 5.74) is 0.412. The molecule has 31 heavy (non-hydrogen) atoms. The number of piperidine rings is 1. The fourth-order valence-electron chi connectivity index (χ4n) is 5.10. The number of fused-ring (bicyclic) bond motifs is 1. The number of carbonyl (C=O) groups excluding carboxylic acids is 2. The van der Waals surface area contributed by atoms with Gasteiger partial charge in [-0.25, -0.2) is 4.98 Å². The van der Waals surface area contributed by atoms with Gasteiger partial charge in [0.05, 0.1) is 16.6 Å². The molecule has 4 rings (SSSR count). The molecule has 2 atom stereocenters. The molecule has 1 aliphatic heterocycles. The molecule has 0 spiro atoms. The summed E-state index contributed by atoms with van der Waals surface area (Å²) in [6.07, 6.45) is 8.10. The van der Waals surface area contributed by atoms with Crippen LogP contribution in [0.2, 0.25) is 0 Å². The minimum atomic E-state index is -0.248. The lowest BCUT2D eigenvalue weighted by Crippen LogP contribution is -2.44. The Kier molecular flexibility index (Phi) is 6.46. The highest BCUT2D eigenvalue weighted by Crippen LogP contribution is 2.28. The zero-order valence-electron chi connectivity index (χ0n) is 18.6. The third-order valence-electron chi connectivity index (χ3n) is 6.59. The summed E-state index contributed by atoms with van der Waals surface area (Å²) in [6.45, 7) is 7.57. The quantitative estimate of drug-likeness (QED) is 0.784. The van der Waals surface area contributed by atoms with Gasteiger partial charge in [0.15, 0.2) is 0 Å². The van der Waals surface area contributed by atoms with E-state index in [1.807, 2.05) is 4.90 Å². The van der Waals surface area contributed by atoms with E-state index in [2.05, 4.69) is 24.1 Å². The fraction of sp³-hybridized carbons (Fsp3) is 0.652. The molecule has 1 saturated heterocycles. The number of likely N-dealkylation sites (tertiary alicyclic amines) is 1. The van der Waals surface area contributed by atoms with Crippen LogP contribution in [0, 0.1) is 18.8 Å². The zero-order valence-corrected chi connectivity index (χ0v) is 19.5. The number of rotatable bonds is 4. The smallest absolute Gasteiger partial charge is 0.262 e. The van der Waals surface area contributed by atoms with Gasteiger partial charge in [-0.3, -0.25) is 19.0 Å². The summed E-state index contributed by atoms with van der Waals surface area (Å²) in [6, 6.07) is 0.211. The van der Waals surface area contributed by atoms with Crippen LogP contribution in [0.25, 0.3) is 10.2 Å². The number of hydrogen-bond acceptors (Lipinski definition) is 5. The highest BCUT2D eigenvalue weighted by Gasteiger charge is 2.27. The van der Waals surface area contributed by atoms with Gasteiger partial charge < -0.3 is 10.2 Å². The standard InChI is InChI=1S/C23H32N4O3S/c1-14-9-15(2)11-26(10-14)18(28)12-27-13-24-22-19(23(27)30)16(3)20(31-22)21(29)25-17-7-5-4-6-8-17/h13-15,17H,4-12H2,1-3H3,(H,25,29)/t14-,15-/m1/s1. The van der Waals surface area contributed by atoms with Crippen LogP contribution in [0.5, 0.6) is 0 Å². The molecule has 2 amide bonds. The van der Waals surface area contributed by atoms with Gasteiger partial charge in [-0.1, -0.05) is 33.1 Å². The first-order valence-electron chi connectivity index (χ1n) is 11.4. The number of aryl methyl sites for hydroxylation is 1. The molecule has 2 aliphatic rings. The van der Waals surface area contributed by atoms with Crippen LogP contribution < -0.4 is 10.9 Å². The number of hydrogen-bond donors (Lipinski definition) is 1. The maximum Gasteiger partial charge on any atom is 0.262 e. The van der Waals surface area contributed by atoms with Gasteiger partial charge in [-0.2, -0.15) is 0 Å². The van der Waals surface area contributed by atoms with Crippen molar-refractivity contribution in [3.63, 3.8) is 0 Å². The van der Waals surface area contributed by atoms with Crippen LogP contribution in [0.4, 0.5) is 0 Å². The second-order valence-corrected chi connectivity index (χ2v) is 10.5. The summed E-state index contributed by atoms with van der Waals surface area (Å²) in [5, 5.41) is 3.58. The number of aromatic nitrogens is 2. The second kappa shape index (κ2) is 9.10. The van der Waals surface area contributed by atoms with E-state index >= 15 is 0 Å². The van der Waals surface area contributed by atoms with E-state index in [1.54, 1.807) is 6.92 Å². The number of carbonyl (C=O) groups is 2. The lowest BCUT2D eigenvalue weighted by molar-refractivity contribution is -0.134. The highest BCUT2D eigenvalue weighted by molar-refractivity contribution is 7.20. The van der Waals surface area contributed by atoms with E-state index in [0.717, 1.165) is 45.2 Å². The molecule has 0 radical (unpaired) electrons. The summed E-state index contributed by atoms with van der Waals surface area (Å²) in [7, 11) is 0. The van der Waals surface area contributed by atoms with E-state index in [4.69, 9.17) is 0 Å². The molecule has 1 saturated carbocycles. The predicted octanol–water partition coefficient (Wildman–Crippen LogP) is 3.33. The molecule has 2 aromatic heterocycles. The van der Waals surface area contributed by atoms with Crippen LogP contribution in [-0.4, -0.2) is 45.4 Å². The first-order valence-corrected chi connectivity index (χ1v) is 12.2. The van der Waals surface area contributed by atoms with E-state index in [-0.39, 0.29) is 30.0 Å². The normalized spacial score (nSPS) is 22.6. The van der Waals surface area contributed by atoms with Crippen molar-refractivity contribution in [3.05, 3.63) is 27.1 Å². The van der Waals surface area contributed by atoms with E-state index in [1.165, 1.54) is 28.7 Å². The van der Waals surface area contributed by atoms with Gasteiger partial charge in [0.2, 0.25) is 5.91 Å². The number of nitrogens with zero attached hydrogens (tertiary/aromatic N) is 3. The Labute approximate surface area is 186 Å². The Balaban J connectivity index is 1.54. The first-order chi connectivity index (χ1) is 14.8. The van der Waals surface area contributed by atoms with Crippen molar-refractivity contribution in [1.29, 1.82) is 0 Å². The van der Waals surface area contributed by atoms with Gasteiger partial charge in [-0.15, -0.1) is 11.3 Å².